The van der Waals surface area contributed by atoms with Crippen molar-refractivity contribution in [3.8, 4) is 0 Å². The smallest absolute Gasteiger partial charge is 0.293 e. The monoisotopic (exact) mass is 179 g/mol. The average Bonchev–Trinajstić information content (AvgIpc) is 2.13. The van der Waals surface area contributed by atoms with Gasteiger partial charge in [0, 0.05) is 25.5 Å². The second-order valence-electron chi connectivity index (χ2n) is 2.86. The number of aryl methyl sites for hydroxylation is 1. The summed E-state index contributed by atoms with van der Waals surface area (Å²) < 4.78 is 1.48. The molecule has 1 rings (SSSR count). The van der Waals surface area contributed by atoms with Gasteiger partial charge in [-0.25, -0.2) is 4.98 Å². The minimum Gasteiger partial charge on any atom is -0.360 e. The molecular weight excluding hydrogens is 166 g/mol. The van der Waals surface area contributed by atoms with Gasteiger partial charge in [0.05, 0.1) is 0 Å². The van der Waals surface area contributed by atoms with E-state index in [0.29, 0.717) is 5.82 Å². The molecule has 0 spiro atoms. The molecule has 0 aromatic carbocycles. The summed E-state index contributed by atoms with van der Waals surface area (Å²) in [6.07, 6.45) is 4.92. The van der Waals surface area contributed by atoms with Crippen LogP contribution < -0.4 is 10.9 Å². The molecule has 0 aliphatic rings. The van der Waals surface area contributed by atoms with Gasteiger partial charge < -0.3 is 9.88 Å². The van der Waals surface area contributed by atoms with E-state index in [0.717, 1.165) is 0 Å². The molecule has 1 aromatic rings. The molecule has 4 nitrogen and oxygen atoms in total. The standard InChI is InChI=1S/C9H13N3O/c1-4-7(2)11-8-9(13)12(3)6-5-10-8/h4-7H,1H2,2-3H3,(H,10,11). The Labute approximate surface area is 76.9 Å². The number of nitrogens with one attached hydrogen (secondary N) is 1. The highest BCUT2D eigenvalue weighted by molar-refractivity contribution is 5.33. The average molecular weight is 179 g/mol. The molecule has 0 aliphatic heterocycles. The number of anilines is 1. The summed E-state index contributed by atoms with van der Waals surface area (Å²) in [5.74, 6) is 0.359. The lowest BCUT2D eigenvalue weighted by molar-refractivity contribution is 0.833. The largest absolute Gasteiger partial charge is 0.360 e. The van der Waals surface area contributed by atoms with E-state index in [-0.39, 0.29) is 11.6 Å². The predicted octanol–water partition coefficient (Wildman–Crippen LogP) is 0.767. The molecule has 0 saturated carbocycles. The lowest BCUT2D eigenvalue weighted by atomic mass is 10.3. The molecular formula is C9H13N3O. The van der Waals surface area contributed by atoms with Gasteiger partial charge in [0.2, 0.25) is 0 Å². The van der Waals surface area contributed by atoms with Crippen molar-refractivity contribution in [1.29, 1.82) is 0 Å². The summed E-state index contributed by atoms with van der Waals surface area (Å²) in [6, 6.07) is 0.0441. The third-order valence-corrected chi connectivity index (χ3v) is 1.73. The van der Waals surface area contributed by atoms with E-state index in [4.69, 9.17) is 0 Å². The van der Waals surface area contributed by atoms with Crippen LogP contribution in [0.1, 0.15) is 6.92 Å². The van der Waals surface area contributed by atoms with Gasteiger partial charge in [0.25, 0.3) is 5.56 Å². The first-order chi connectivity index (χ1) is 6.15. The number of hydrogen-bond acceptors (Lipinski definition) is 3. The summed E-state index contributed by atoms with van der Waals surface area (Å²) in [6.45, 7) is 5.51. The molecule has 1 aromatic heterocycles. The summed E-state index contributed by atoms with van der Waals surface area (Å²) >= 11 is 0. The molecule has 1 atom stereocenters. The van der Waals surface area contributed by atoms with Crippen LogP contribution in [0.3, 0.4) is 0 Å². The van der Waals surface area contributed by atoms with E-state index < -0.39 is 0 Å². The second-order valence-corrected chi connectivity index (χ2v) is 2.86. The summed E-state index contributed by atoms with van der Waals surface area (Å²) in [4.78, 5) is 15.4. The van der Waals surface area contributed by atoms with Crippen LogP contribution in [0.4, 0.5) is 5.82 Å². The number of aromatic nitrogens is 2. The predicted molar refractivity (Wildman–Crippen MR) is 52.8 cm³/mol. The summed E-state index contributed by atoms with van der Waals surface area (Å²) in [5, 5.41) is 2.94. The highest BCUT2D eigenvalue weighted by Crippen LogP contribution is 1.95. The zero-order chi connectivity index (χ0) is 9.84. The molecule has 0 radical (unpaired) electrons. The first-order valence-corrected chi connectivity index (χ1v) is 4.06. The Morgan fingerprint density at radius 3 is 3.08 bits per heavy atom. The van der Waals surface area contributed by atoms with Crippen LogP contribution in [0.15, 0.2) is 29.8 Å². The minimum absolute atomic E-state index is 0.0441. The highest BCUT2D eigenvalue weighted by atomic mass is 16.1. The summed E-state index contributed by atoms with van der Waals surface area (Å²) in [7, 11) is 1.69. The Kier molecular flexibility index (Phi) is 2.84. The van der Waals surface area contributed by atoms with Gasteiger partial charge in [-0.15, -0.1) is 6.58 Å². The molecule has 4 heteroatoms. The maximum absolute atomic E-state index is 11.4. The second kappa shape index (κ2) is 3.89. The lowest BCUT2D eigenvalue weighted by Gasteiger charge is -2.09. The van der Waals surface area contributed by atoms with Crippen molar-refractivity contribution < 1.29 is 0 Å². The Balaban J connectivity index is 2.96. The molecule has 70 valence electrons. The third-order valence-electron chi connectivity index (χ3n) is 1.73. The first kappa shape index (κ1) is 9.51. The molecule has 0 bridgehead atoms. The molecule has 1 unspecified atom stereocenters. The van der Waals surface area contributed by atoms with Gasteiger partial charge >= 0.3 is 0 Å². The lowest BCUT2D eigenvalue weighted by Crippen LogP contribution is -2.25. The molecule has 13 heavy (non-hydrogen) atoms. The fourth-order valence-electron chi connectivity index (χ4n) is 0.871. The zero-order valence-corrected chi connectivity index (χ0v) is 7.82. The van der Waals surface area contributed by atoms with E-state index >= 15 is 0 Å². The van der Waals surface area contributed by atoms with Crippen LogP contribution in [-0.2, 0) is 7.05 Å². The molecule has 0 aliphatic carbocycles. The molecule has 1 N–H and O–H groups in total. The normalized spacial score (nSPS) is 12.2. The van der Waals surface area contributed by atoms with Crippen molar-refractivity contribution in [1.82, 2.24) is 9.55 Å². The van der Waals surface area contributed by atoms with Gasteiger partial charge in [-0.3, -0.25) is 4.79 Å². The first-order valence-electron chi connectivity index (χ1n) is 4.06. The summed E-state index contributed by atoms with van der Waals surface area (Å²) in [5.41, 5.74) is -0.129. The molecule has 0 amide bonds. The van der Waals surface area contributed by atoms with Crippen molar-refractivity contribution in [2.45, 2.75) is 13.0 Å². The van der Waals surface area contributed by atoms with E-state index in [1.54, 1.807) is 25.5 Å². The van der Waals surface area contributed by atoms with Crippen molar-refractivity contribution in [3.63, 3.8) is 0 Å². The van der Waals surface area contributed by atoms with Crippen LogP contribution in [0.25, 0.3) is 0 Å². The van der Waals surface area contributed by atoms with Crippen molar-refractivity contribution in [3.05, 3.63) is 35.4 Å². The Morgan fingerprint density at radius 1 is 1.77 bits per heavy atom. The SMILES string of the molecule is C=CC(C)Nc1nccn(C)c1=O. The number of nitrogens with zero attached hydrogens (tertiary/aromatic N) is 2. The van der Waals surface area contributed by atoms with Crippen LogP contribution in [0.2, 0.25) is 0 Å². The highest BCUT2D eigenvalue weighted by Gasteiger charge is 2.03. The molecule has 0 fully saturated rings. The fourth-order valence-corrected chi connectivity index (χ4v) is 0.871. The van der Waals surface area contributed by atoms with Crippen LogP contribution in [0, 0.1) is 0 Å². The van der Waals surface area contributed by atoms with E-state index in [1.165, 1.54) is 4.57 Å². The van der Waals surface area contributed by atoms with Crippen molar-refractivity contribution >= 4 is 5.82 Å². The van der Waals surface area contributed by atoms with Crippen molar-refractivity contribution in [2.24, 2.45) is 7.05 Å². The maximum Gasteiger partial charge on any atom is 0.293 e. The third kappa shape index (κ3) is 2.18. The van der Waals surface area contributed by atoms with E-state index in [9.17, 15) is 4.79 Å². The van der Waals surface area contributed by atoms with Gasteiger partial charge in [-0.2, -0.15) is 0 Å². The Bertz CT molecular complexity index is 356. The Hall–Kier alpha value is -1.58. The van der Waals surface area contributed by atoms with Crippen LogP contribution in [-0.4, -0.2) is 15.6 Å². The van der Waals surface area contributed by atoms with Crippen LogP contribution >= 0.6 is 0 Å². The van der Waals surface area contributed by atoms with Gasteiger partial charge in [-0.1, -0.05) is 6.08 Å². The number of hydrogen-bond donors (Lipinski definition) is 1. The minimum atomic E-state index is -0.129. The van der Waals surface area contributed by atoms with E-state index in [2.05, 4.69) is 16.9 Å². The number of rotatable bonds is 3. The fraction of sp³-hybridized carbons (Fsp3) is 0.333. The van der Waals surface area contributed by atoms with Gasteiger partial charge in [0.1, 0.15) is 0 Å². The topological polar surface area (TPSA) is 46.9 Å². The Morgan fingerprint density at radius 2 is 2.46 bits per heavy atom. The van der Waals surface area contributed by atoms with Gasteiger partial charge in [-0.05, 0) is 6.92 Å². The zero-order valence-electron chi connectivity index (χ0n) is 7.82. The molecule has 0 saturated heterocycles. The maximum atomic E-state index is 11.4. The van der Waals surface area contributed by atoms with Gasteiger partial charge in [0.15, 0.2) is 5.82 Å². The quantitative estimate of drug-likeness (QED) is 0.697. The molecule has 1 heterocycles. The van der Waals surface area contributed by atoms with Crippen molar-refractivity contribution in [2.75, 3.05) is 5.32 Å². The van der Waals surface area contributed by atoms with E-state index in [1.807, 2.05) is 6.92 Å². The van der Waals surface area contributed by atoms with Crippen LogP contribution in [0.5, 0.6) is 0 Å².